The van der Waals surface area contributed by atoms with Gasteiger partial charge in [0.1, 0.15) is 0 Å². The van der Waals surface area contributed by atoms with E-state index in [0.717, 1.165) is 48.6 Å². The summed E-state index contributed by atoms with van der Waals surface area (Å²) >= 11 is 0. The number of amides is 1. The first kappa shape index (κ1) is 20.2. The van der Waals surface area contributed by atoms with Crippen molar-refractivity contribution < 1.29 is 9.69 Å². The molecule has 0 spiro atoms. The van der Waals surface area contributed by atoms with Crippen molar-refractivity contribution in [2.75, 3.05) is 36.4 Å². The van der Waals surface area contributed by atoms with Crippen molar-refractivity contribution in [3.8, 4) is 0 Å². The molecule has 4 rings (SSSR count). The second kappa shape index (κ2) is 9.14. The fourth-order valence-electron chi connectivity index (χ4n) is 4.27. The second-order valence-electron chi connectivity index (χ2n) is 8.13. The van der Waals surface area contributed by atoms with E-state index in [0.29, 0.717) is 0 Å². The van der Waals surface area contributed by atoms with Crippen LogP contribution in [0, 0.1) is 13.8 Å². The van der Waals surface area contributed by atoms with Crippen molar-refractivity contribution >= 4 is 17.3 Å². The van der Waals surface area contributed by atoms with Gasteiger partial charge in [-0.05, 0) is 43.2 Å². The van der Waals surface area contributed by atoms with Gasteiger partial charge in [-0.2, -0.15) is 0 Å². The molecule has 4 heteroatoms. The molecule has 154 valence electrons. The van der Waals surface area contributed by atoms with Crippen LogP contribution in [0.15, 0.2) is 78.9 Å². The van der Waals surface area contributed by atoms with Gasteiger partial charge in [0.05, 0.1) is 26.2 Å². The first-order valence-corrected chi connectivity index (χ1v) is 10.7. The van der Waals surface area contributed by atoms with Crippen molar-refractivity contribution in [1.29, 1.82) is 0 Å². The number of nitrogens with one attached hydrogen (secondary N) is 2. The van der Waals surface area contributed by atoms with Crippen LogP contribution in [-0.2, 0) is 4.79 Å². The van der Waals surface area contributed by atoms with Gasteiger partial charge in [-0.15, -0.1) is 0 Å². The number of piperazine rings is 1. The van der Waals surface area contributed by atoms with Gasteiger partial charge < -0.3 is 15.1 Å². The summed E-state index contributed by atoms with van der Waals surface area (Å²) in [6.45, 7) is 7.83. The minimum absolute atomic E-state index is 0.0676. The van der Waals surface area contributed by atoms with E-state index in [9.17, 15) is 4.79 Å². The maximum absolute atomic E-state index is 13.5. The first-order valence-electron chi connectivity index (χ1n) is 10.7. The van der Waals surface area contributed by atoms with Crippen molar-refractivity contribution in [3.63, 3.8) is 0 Å². The number of quaternary nitrogens is 1. The molecule has 1 atom stereocenters. The standard InChI is InChI=1S/C26H29N3O/c1-20-13-14-21(2)24(19-20)27-26(30)25(22-9-5-3-6-10-22)29-17-15-28(16-18-29)23-11-7-4-8-12-23/h3-14,19,25H,15-18H2,1-2H3,(H,27,30)/p+1/t25-/m0/s1. The largest absolute Gasteiger partial charge is 0.360 e. The first-order chi connectivity index (χ1) is 14.6. The van der Waals surface area contributed by atoms with E-state index < -0.39 is 0 Å². The Morgan fingerprint density at radius 2 is 1.53 bits per heavy atom. The van der Waals surface area contributed by atoms with Gasteiger partial charge in [-0.25, -0.2) is 0 Å². The lowest BCUT2D eigenvalue weighted by Gasteiger charge is -2.37. The van der Waals surface area contributed by atoms with E-state index >= 15 is 0 Å². The fourth-order valence-corrected chi connectivity index (χ4v) is 4.27. The number of para-hydroxylation sites is 1. The molecule has 1 aliphatic heterocycles. The van der Waals surface area contributed by atoms with Crippen LogP contribution in [0.1, 0.15) is 22.7 Å². The zero-order valence-corrected chi connectivity index (χ0v) is 17.8. The van der Waals surface area contributed by atoms with Crippen LogP contribution in [0.4, 0.5) is 11.4 Å². The quantitative estimate of drug-likeness (QED) is 0.689. The van der Waals surface area contributed by atoms with Gasteiger partial charge in [-0.3, -0.25) is 4.79 Å². The molecule has 4 nitrogen and oxygen atoms in total. The lowest BCUT2D eigenvalue weighted by molar-refractivity contribution is -0.922. The van der Waals surface area contributed by atoms with Crippen molar-refractivity contribution in [2.45, 2.75) is 19.9 Å². The SMILES string of the molecule is Cc1ccc(C)c(NC(=O)[C@H](c2ccccc2)[NH+]2CCN(c3ccccc3)CC2)c1. The molecule has 1 aliphatic rings. The number of carbonyl (C=O) groups excluding carboxylic acids is 1. The van der Waals surface area contributed by atoms with Crippen LogP contribution in [0.5, 0.6) is 0 Å². The lowest BCUT2D eigenvalue weighted by Crippen LogP contribution is -3.16. The molecule has 0 radical (unpaired) electrons. The van der Waals surface area contributed by atoms with Crippen LogP contribution in [0.3, 0.4) is 0 Å². The Labute approximate surface area is 179 Å². The molecule has 0 unspecified atom stereocenters. The van der Waals surface area contributed by atoms with Gasteiger partial charge in [0.25, 0.3) is 5.91 Å². The van der Waals surface area contributed by atoms with Crippen LogP contribution >= 0.6 is 0 Å². The summed E-state index contributed by atoms with van der Waals surface area (Å²) in [6.07, 6.45) is 0. The Balaban J connectivity index is 1.54. The van der Waals surface area contributed by atoms with E-state index in [4.69, 9.17) is 0 Å². The molecule has 0 saturated carbocycles. The minimum Gasteiger partial charge on any atom is -0.360 e. The third-order valence-electron chi connectivity index (χ3n) is 5.98. The molecule has 0 aliphatic carbocycles. The van der Waals surface area contributed by atoms with Crippen LogP contribution in [-0.4, -0.2) is 32.1 Å². The Kier molecular flexibility index (Phi) is 6.15. The number of rotatable bonds is 5. The highest BCUT2D eigenvalue weighted by molar-refractivity contribution is 5.95. The van der Waals surface area contributed by atoms with E-state index in [1.807, 2.05) is 31.2 Å². The van der Waals surface area contributed by atoms with E-state index in [1.165, 1.54) is 10.6 Å². The van der Waals surface area contributed by atoms with Crippen molar-refractivity contribution in [1.82, 2.24) is 0 Å². The number of hydrogen-bond acceptors (Lipinski definition) is 2. The smallest absolute Gasteiger partial charge is 0.287 e. The summed E-state index contributed by atoms with van der Waals surface area (Å²) in [7, 11) is 0. The van der Waals surface area contributed by atoms with Crippen LogP contribution in [0.2, 0.25) is 0 Å². The molecular weight excluding hydrogens is 370 g/mol. The molecule has 0 bridgehead atoms. The highest BCUT2D eigenvalue weighted by Gasteiger charge is 2.34. The summed E-state index contributed by atoms with van der Waals surface area (Å²) in [6, 6.07) is 26.7. The second-order valence-corrected chi connectivity index (χ2v) is 8.13. The molecule has 1 amide bonds. The summed E-state index contributed by atoms with van der Waals surface area (Å²) in [5, 5.41) is 3.22. The monoisotopic (exact) mass is 400 g/mol. The van der Waals surface area contributed by atoms with E-state index in [2.05, 4.69) is 71.7 Å². The Hall–Kier alpha value is -3.11. The Bertz CT molecular complexity index is 980. The van der Waals surface area contributed by atoms with Gasteiger partial charge in [0.15, 0.2) is 6.04 Å². The summed E-state index contributed by atoms with van der Waals surface area (Å²) in [5.74, 6) is 0.0676. The zero-order chi connectivity index (χ0) is 20.9. The topological polar surface area (TPSA) is 36.8 Å². The molecule has 3 aromatic rings. The van der Waals surface area contributed by atoms with Crippen LogP contribution in [0.25, 0.3) is 0 Å². The van der Waals surface area contributed by atoms with Gasteiger partial charge in [0.2, 0.25) is 0 Å². The molecule has 0 aromatic heterocycles. The van der Waals surface area contributed by atoms with Crippen molar-refractivity contribution in [2.24, 2.45) is 0 Å². The average Bonchev–Trinajstić information content (AvgIpc) is 2.78. The summed E-state index contributed by atoms with van der Waals surface area (Å²) < 4.78 is 0. The van der Waals surface area contributed by atoms with E-state index in [-0.39, 0.29) is 11.9 Å². The fraction of sp³-hybridized carbons (Fsp3) is 0.269. The molecule has 1 fully saturated rings. The number of benzene rings is 3. The number of carbonyl (C=O) groups is 1. The highest BCUT2D eigenvalue weighted by atomic mass is 16.2. The average molecular weight is 401 g/mol. The normalized spacial score (nSPS) is 15.6. The lowest BCUT2D eigenvalue weighted by atomic mass is 10.0. The van der Waals surface area contributed by atoms with Gasteiger partial charge in [-0.1, -0.05) is 60.7 Å². The summed E-state index contributed by atoms with van der Waals surface area (Å²) in [5.41, 5.74) is 5.47. The zero-order valence-electron chi connectivity index (χ0n) is 17.8. The van der Waals surface area contributed by atoms with Crippen LogP contribution < -0.4 is 15.1 Å². The maximum Gasteiger partial charge on any atom is 0.287 e. The molecule has 2 N–H and O–H groups in total. The predicted octanol–water partition coefficient (Wildman–Crippen LogP) is 3.39. The molecular formula is C26H30N3O+. The molecule has 3 aromatic carbocycles. The molecule has 1 heterocycles. The summed E-state index contributed by atoms with van der Waals surface area (Å²) in [4.78, 5) is 17.2. The Morgan fingerprint density at radius 1 is 0.900 bits per heavy atom. The third-order valence-corrected chi connectivity index (χ3v) is 5.98. The third kappa shape index (κ3) is 4.55. The van der Waals surface area contributed by atoms with Gasteiger partial charge in [0, 0.05) is 16.9 Å². The van der Waals surface area contributed by atoms with E-state index in [1.54, 1.807) is 0 Å². The number of nitrogens with zero attached hydrogens (tertiary/aromatic N) is 1. The predicted molar refractivity (Wildman–Crippen MR) is 123 cm³/mol. The Morgan fingerprint density at radius 3 is 2.20 bits per heavy atom. The van der Waals surface area contributed by atoms with Gasteiger partial charge >= 0.3 is 0 Å². The number of hydrogen-bond donors (Lipinski definition) is 2. The highest BCUT2D eigenvalue weighted by Crippen LogP contribution is 2.20. The number of anilines is 2. The number of aryl methyl sites for hydroxylation is 2. The molecule has 30 heavy (non-hydrogen) atoms. The minimum atomic E-state index is -0.218. The maximum atomic E-state index is 13.5. The molecule has 1 saturated heterocycles. The van der Waals surface area contributed by atoms with Crippen molar-refractivity contribution in [3.05, 3.63) is 95.6 Å².